The third-order valence-electron chi connectivity index (χ3n) is 4.80. The van der Waals surface area contributed by atoms with Crippen LogP contribution in [-0.2, 0) is 0 Å². The van der Waals surface area contributed by atoms with Crippen LogP contribution in [0.4, 0.5) is 0 Å². The third kappa shape index (κ3) is 3.25. The van der Waals surface area contributed by atoms with Crippen molar-refractivity contribution >= 4 is 5.52 Å². The summed E-state index contributed by atoms with van der Waals surface area (Å²) in [5, 5.41) is 19.7. The van der Waals surface area contributed by atoms with Crippen LogP contribution in [0.1, 0.15) is 17.4 Å². The summed E-state index contributed by atoms with van der Waals surface area (Å²) in [7, 11) is 4.62. The number of benzene rings is 2. The van der Waals surface area contributed by atoms with Gasteiger partial charge in [0.2, 0.25) is 5.75 Å². The van der Waals surface area contributed by atoms with Crippen LogP contribution in [-0.4, -0.2) is 41.3 Å². The van der Waals surface area contributed by atoms with Crippen LogP contribution < -0.4 is 14.2 Å². The number of aliphatic hydroxyl groups excluding tert-OH is 1. The number of methoxy groups -OCH3 is 3. The highest BCUT2D eigenvalue weighted by Gasteiger charge is 2.21. The van der Waals surface area contributed by atoms with Crippen LogP contribution in [0.15, 0.2) is 60.7 Å². The summed E-state index contributed by atoms with van der Waals surface area (Å²) in [4.78, 5) is 0. The van der Waals surface area contributed by atoms with Crippen LogP contribution in [0.25, 0.3) is 16.8 Å². The molecule has 0 radical (unpaired) electrons. The molecule has 0 amide bonds. The van der Waals surface area contributed by atoms with E-state index in [-0.39, 0.29) is 0 Å². The molecule has 148 valence electrons. The molecule has 1 atom stereocenters. The first-order valence-corrected chi connectivity index (χ1v) is 9.05. The van der Waals surface area contributed by atoms with Crippen molar-refractivity contribution in [1.82, 2.24) is 14.8 Å². The summed E-state index contributed by atoms with van der Waals surface area (Å²) >= 11 is 0. The molecule has 2 heterocycles. The molecule has 1 N–H and O–H groups in total. The number of hydrogen-bond acceptors (Lipinski definition) is 6. The first-order valence-electron chi connectivity index (χ1n) is 9.05. The lowest BCUT2D eigenvalue weighted by atomic mass is 10.0. The normalized spacial score (nSPS) is 12.0. The lowest BCUT2D eigenvalue weighted by molar-refractivity contribution is 0.210. The number of aliphatic hydroxyl groups is 1. The molecule has 7 nitrogen and oxygen atoms in total. The number of pyridine rings is 1. The molecule has 4 rings (SSSR count). The highest BCUT2D eigenvalue weighted by molar-refractivity contribution is 5.76. The Morgan fingerprint density at radius 3 is 2.17 bits per heavy atom. The summed E-state index contributed by atoms with van der Waals surface area (Å²) in [6, 6.07) is 18.9. The minimum Gasteiger partial charge on any atom is -0.493 e. The van der Waals surface area contributed by atoms with E-state index in [1.807, 2.05) is 48.5 Å². The van der Waals surface area contributed by atoms with E-state index in [1.54, 1.807) is 16.6 Å². The van der Waals surface area contributed by atoms with E-state index >= 15 is 0 Å². The van der Waals surface area contributed by atoms with Gasteiger partial charge in [0.1, 0.15) is 11.8 Å². The number of aromatic nitrogens is 3. The summed E-state index contributed by atoms with van der Waals surface area (Å²) in [5.41, 5.74) is 3.68. The van der Waals surface area contributed by atoms with Gasteiger partial charge in [0.05, 0.1) is 32.5 Å². The summed E-state index contributed by atoms with van der Waals surface area (Å²) in [6.45, 7) is 0. The summed E-state index contributed by atoms with van der Waals surface area (Å²) < 4.78 is 17.8. The molecule has 4 aromatic rings. The van der Waals surface area contributed by atoms with Gasteiger partial charge in [0.15, 0.2) is 11.5 Å². The predicted molar refractivity (Wildman–Crippen MR) is 109 cm³/mol. The van der Waals surface area contributed by atoms with Crippen LogP contribution in [0.2, 0.25) is 0 Å². The number of fused-ring (bicyclic) bond motifs is 1. The SMILES string of the molecule is COc1cc(C(O)c2cccc3c(-c4ccccc4)nnn23)cc(OC)c1OC. The second kappa shape index (κ2) is 7.81. The number of ether oxygens (including phenoxy) is 3. The third-order valence-corrected chi connectivity index (χ3v) is 4.80. The number of rotatable bonds is 6. The lowest BCUT2D eigenvalue weighted by Crippen LogP contribution is -2.08. The molecule has 0 bridgehead atoms. The van der Waals surface area contributed by atoms with Crippen molar-refractivity contribution in [2.75, 3.05) is 21.3 Å². The first-order chi connectivity index (χ1) is 14.2. The van der Waals surface area contributed by atoms with Gasteiger partial charge in [-0.2, -0.15) is 0 Å². The highest BCUT2D eigenvalue weighted by atomic mass is 16.5. The van der Waals surface area contributed by atoms with E-state index in [9.17, 15) is 5.11 Å². The van der Waals surface area contributed by atoms with Crippen LogP contribution >= 0.6 is 0 Å². The summed E-state index contributed by atoms with van der Waals surface area (Å²) in [6.07, 6.45) is -0.974. The topological polar surface area (TPSA) is 78.1 Å². The summed E-state index contributed by atoms with van der Waals surface area (Å²) in [5.74, 6) is 1.41. The van der Waals surface area contributed by atoms with Crippen molar-refractivity contribution in [3.8, 4) is 28.5 Å². The Bertz CT molecular complexity index is 1120. The molecule has 0 aliphatic rings. The monoisotopic (exact) mass is 391 g/mol. The molecule has 0 spiro atoms. The Balaban J connectivity index is 1.82. The fraction of sp³-hybridized carbons (Fsp3) is 0.182. The van der Waals surface area contributed by atoms with Gasteiger partial charge in [-0.25, -0.2) is 4.52 Å². The van der Waals surface area contributed by atoms with Gasteiger partial charge in [-0.1, -0.05) is 41.6 Å². The van der Waals surface area contributed by atoms with E-state index in [1.165, 1.54) is 21.3 Å². The van der Waals surface area contributed by atoms with Crippen LogP contribution in [0.3, 0.4) is 0 Å². The Kier molecular flexibility index (Phi) is 5.05. The minimum absolute atomic E-state index is 0.469. The van der Waals surface area contributed by atoms with E-state index < -0.39 is 6.10 Å². The zero-order chi connectivity index (χ0) is 20.4. The molecule has 2 aromatic heterocycles. The largest absolute Gasteiger partial charge is 0.493 e. The second-order valence-corrected chi connectivity index (χ2v) is 6.41. The van der Waals surface area contributed by atoms with Gasteiger partial charge in [-0.15, -0.1) is 5.10 Å². The van der Waals surface area contributed by atoms with Gasteiger partial charge in [-0.3, -0.25) is 0 Å². The van der Waals surface area contributed by atoms with Crippen molar-refractivity contribution in [2.24, 2.45) is 0 Å². The maximum atomic E-state index is 11.1. The smallest absolute Gasteiger partial charge is 0.203 e. The molecule has 0 aliphatic carbocycles. The van der Waals surface area contributed by atoms with E-state index in [4.69, 9.17) is 14.2 Å². The van der Waals surface area contributed by atoms with Crippen LogP contribution in [0.5, 0.6) is 17.2 Å². The highest BCUT2D eigenvalue weighted by Crippen LogP contribution is 2.40. The molecule has 0 saturated carbocycles. The van der Waals surface area contributed by atoms with Gasteiger partial charge >= 0.3 is 0 Å². The molecule has 7 heteroatoms. The van der Waals surface area contributed by atoms with Gasteiger partial charge in [-0.05, 0) is 29.8 Å². The van der Waals surface area contributed by atoms with Gasteiger partial charge < -0.3 is 19.3 Å². The molecule has 0 fully saturated rings. The maximum Gasteiger partial charge on any atom is 0.203 e. The molecular formula is C22H21N3O4. The van der Waals surface area contributed by atoms with E-state index in [0.29, 0.717) is 28.5 Å². The van der Waals surface area contributed by atoms with Crippen molar-refractivity contribution < 1.29 is 19.3 Å². The van der Waals surface area contributed by atoms with Crippen molar-refractivity contribution in [1.29, 1.82) is 0 Å². The maximum absolute atomic E-state index is 11.1. The lowest BCUT2D eigenvalue weighted by Gasteiger charge is -2.17. The Morgan fingerprint density at radius 2 is 1.55 bits per heavy atom. The van der Waals surface area contributed by atoms with Gasteiger partial charge in [0, 0.05) is 5.56 Å². The van der Waals surface area contributed by atoms with Gasteiger partial charge in [0.25, 0.3) is 0 Å². The standard InChI is InChI=1S/C22H21N3O4/c1-27-18-12-15(13-19(28-2)22(18)29-3)21(26)17-11-7-10-16-20(23-24-25(16)17)14-8-5-4-6-9-14/h4-13,21,26H,1-3H3. The molecule has 0 aliphatic heterocycles. The van der Waals surface area contributed by atoms with Crippen molar-refractivity contribution in [3.05, 3.63) is 71.9 Å². The van der Waals surface area contributed by atoms with E-state index in [0.717, 1.165) is 16.8 Å². The molecule has 2 aromatic carbocycles. The minimum atomic E-state index is -0.974. The Labute approximate surface area is 168 Å². The van der Waals surface area contributed by atoms with Crippen LogP contribution in [0, 0.1) is 0 Å². The molecule has 1 unspecified atom stereocenters. The fourth-order valence-corrected chi connectivity index (χ4v) is 3.38. The predicted octanol–water partition coefficient (Wildman–Crippen LogP) is 3.50. The number of hydrogen-bond donors (Lipinski definition) is 1. The zero-order valence-electron chi connectivity index (χ0n) is 16.4. The average molecular weight is 391 g/mol. The zero-order valence-corrected chi connectivity index (χ0v) is 16.4. The van der Waals surface area contributed by atoms with Crippen molar-refractivity contribution in [3.63, 3.8) is 0 Å². The first kappa shape index (κ1) is 18.8. The quantitative estimate of drug-likeness (QED) is 0.542. The molecule has 29 heavy (non-hydrogen) atoms. The van der Waals surface area contributed by atoms with E-state index in [2.05, 4.69) is 10.3 Å². The molecule has 0 saturated heterocycles. The Morgan fingerprint density at radius 1 is 0.862 bits per heavy atom. The fourth-order valence-electron chi connectivity index (χ4n) is 3.38. The average Bonchev–Trinajstić information content (AvgIpc) is 3.22. The second-order valence-electron chi connectivity index (χ2n) is 6.41. The molecular weight excluding hydrogens is 370 g/mol. The Hall–Kier alpha value is -3.58. The van der Waals surface area contributed by atoms with Crippen molar-refractivity contribution in [2.45, 2.75) is 6.10 Å². The number of nitrogens with zero attached hydrogens (tertiary/aromatic N) is 3.